The number of carbonyl (C=O) groups excluding carboxylic acids is 1. The van der Waals surface area contributed by atoms with Gasteiger partial charge >= 0.3 is 0 Å². The summed E-state index contributed by atoms with van der Waals surface area (Å²) < 4.78 is 0. The Morgan fingerprint density at radius 2 is 2.29 bits per heavy atom. The van der Waals surface area contributed by atoms with E-state index in [4.69, 9.17) is 5.73 Å². The molecule has 0 saturated heterocycles. The zero-order chi connectivity index (χ0) is 12.1. The third kappa shape index (κ3) is 3.53. The van der Waals surface area contributed by atoms with E-state index in [0.29, 0.717) is 19.4 Å². The van der Waals surface area contributed by atoms with Crippen molar-refractivity contribution < 1.29 is 4.79 Å². The first-order valence-electron chi connectivity index (χ1n) is 6.13. The predicted molar refractivity (Wildman–Crippen MR) is 66.3 cm³/mol. The molecule has 0 bridgehead atoms. The van der Waals surface area contributed by atoms with Gasteiger partial charge in [0.1, 0.15) is 0 Å². The highest BCUT2D eigenvalue weighted by atomic mass is 16.1. The van der Waals surface area contributed by atoms with E-state index in [1.807, 2.05) is 18.2 Å². The third-order valence-electron chi connectivity index (χ3n) is 3.32. The molecule has 1 aliphatic rings. The van der Waals surface area contributed by atoms with Gasteiger partial charge in [0.2, 0.25) is 5.91 Å². The van der Waals surface area contributed by atoms with Gasteiger partial charge in [-0.05, 0) is 37.8 Å². The van der Waals surface area contributed by atoms with Crippen LogP contribution in [0.15, 0.2) is 24.4 Å². The van der Waals surface area contributed by atoms with Gasteiger partial charge in [-0.15, -0.1) is 0 Å². The van der Waals surface area contributed by atoms with Gasteiger partial charge < -0.3 is 11.1 Å². The molecule has 2 rings (SSSR count). The molecule has 0 spiro atoms. The minimum atomic E-state index is -0.138. The number of pyridine rings is 1. The zero-order valence-corrected chi connectivity index (χ0v) is 9.98. The lowest BCUT2D eigenvalue weighted by Crippen LogP contribution is -2.54. The zero-order valence-electron chi connectivity index (χ0n) is 9.98. The maximum Gasteiger partial charge on any atom is 0.220 e. The van der Waals surface area contributed by atoms with Crippen molar-refractivity contribution in [1.29, 1.82) is 0 Å². The van der Waals surface area contributed by atoms with Crippen LogP contribution in [0.2, 0.25) is 0 Å². The van der Waals surface area contributed by atoms with Crippen LogP contribution >= 0.6 is 0 Å². The molecule has 1 saturated carbocycles. The number of amides is 1. The smallest absolute Gasteiger partial charge is 0.220 e. The fourth-order valence-corrected chi connectivity index (χ4v) is 1.96. The van der Waals surface area contributed by atoms with E-state index < -0.39 is 0 Å². The normalized spacial score (nSPS) is 17.2. The highest BCUT2D eigenvalue weighted by Gasteiger charge is 2.32. The highest BCUT2D eigenvalue weighted by Crippen LogP contribution is 2.27. The molecule has 1 aromatic rings. The summed E-state index contributed by atoms with van der Waals surface area (Å²) in [7, 11) is 0. The maximum atomic E-state index is 11.6. The Balaban J connectivity index is 1.67. The van der Waals surface area contributed by atoms with Crippen LogP contribution < -0.4 is 11.1 Å². The second-order valence-electron chi connectivity index (χ2n) is 4.81. The predicted octanol–water partition coefficient (Wildman–Crippen LogP) is 1.01. The highest BCUT2D eigenvalue weighted by molar-refractivity contribution is 5.76. The second kappa shape index (κ2) is 5.27. The summed E-state index contributed by atoms with van der Waals surface area (Å²) in [5.41, 5.74) is 6.85. The van der Waals surface area contributed by atoms with Gasteiger partial charge in [-0.2, -0.15) is 0 Å². The lowest BCUT2D eigenvalue weighted by atomic mass is 9.78. The van der Waals surface area contributed by atoms with E-state index in [-0.39, 0.29) is 11.4 Å². The molecule has 4 heteroatoms. The lowest BCUT2D eigenvalue weighted by Gasteiger charge is -2.38. The van der Waals surface area contributed by atoms with E-state index in [2.05, 4.69) is 10.3 Å². The molecule has 0 aliphatic heterocycles. The van der Waals surface area contributed by atoms with Crippen molar-refractivity contribution in [3.05, 3.63) is 30.1 Å². The number of aromatic nitrogens is 1. The minimum absolute atomic E-state index is 0.0624. The topological polar surface area (TPSA) is 68.0 Å². The second-order valence-corrected chi connectivity index (χ2v) is 4.81. The van der Waals surface area contributed by atoms with E-state index >= 15 is 0 Å². The number of hydrogen-bond acceptors (Lipinski definition) is 3. The number of rotatable bonds is 5. The van der Waals surface area contributed by atoms with Crippen LogP contribution in [-0.4, -0.2) is 23.0 Å². The molecule has 1 heterocycles. The maximum absolute atomic E-state index is 11.6. The molecule has 0 unspecified atom stereocenters. The number of carbonyl (C=O) groups is 1. The van der Waals surface area contributed by atoms with Gasteiger partial charge in [-0.1, -0.05) is 6.07 Å². The molecule has 17 heavy (non-hydrogen) atoms. The van der Waals surface area contributed by atoms with Gasteiger partial charge in [0.25, 0.3) is 0 Å². The number of aryl methyl sites for hydroxylation is 1. The summed E-state index contributed by atoms with van der Waals surface area (Å²) in [6.07, 6.45) is 6.13. The Hall–Kier alpha value is -1.42. The fraction of sp³-hybridized carbons (Fsp3) is 0.538. The summed E-state index contributed by atoms with van der Waals surface area (Å²) in [5.74, 6) is 0.0624. The van der Waals surface area contributed by atoms with Crippen molar-refractivity contribution in [3.8, 4) is 0 Å². The molecule has 1 aromatic heterocycles. The Labute approximate surface area is 102 Å². The van der Waals surface area contributed by atoms with Gasteiger partial charge in [0.15, 0.2) is 0 Å². The third-order valence-corrected chi connectivity index (χ3v) is 3.32. The standard InChI is InChI=1S/C13H19N3O/c14-13(7-3-8-13)10-16-12(17)6-5-11-4-1-2-9-15-11/h1-2,4,9H,3,5-8,10,14H2,(H,16,17). The lowest BCUT2D eigenvalue weighted by molar-refractivity contribution is -0.121. The van der Waals surface area contributed by atoms with Gasteiger partial charge in [-0.3, -0.25) is 9.78 Å². The van der Waals surface area contributed by atoms with Gasteiger partial charge in [0.05, 0.1) is 0 Å². The molecule has 0 aromatic carbocycles. The molecule has 1 aliphatic carbocycles. The number of hydrogen-bond donors (Lipinski definition) is 2. The Bertz CT molecular complexity index is 374. The monoisotopic (exact) mass is 233 g/mol. The molecule has 92 valence electrons. The molecule has 0 atom stereocenters. The molecule has 4 nitrogen and oxygen atoms in total. The average Bonchev–Trinajstić information content (AvgIpc) is 2.33. The van der Waals surface area contributed by atoms with Crippen LogP contribution in [0.4, 0.5) is 0 Å². The van der Waals surface area contributed by atoms with E-state index in [0.717, 1.165) is 18.5 Å². The minimum Gasteiger partial charge on any atom is -0.354 e. The molecular formula is C13H19N3O. The Morgan fingerprint density at radius 1 is 1.47 bits per heavy atom. The summed E-state index contributed by atoms with van der Waals surface area (Å²) in [4.78, 5) is 15.8. The molecule has 1 fully saturated rings. The van der Waals surface area contributed by atoms with Crippen LogP contribution in [0.3, 0.4) is 0 Å². The van der Waals surface area contributed by atoms with Crippen molar-refractivity contribution in [2.24, 2.45) is 5.73 Å². The van der Waals surface area contributed by atoms with Crippen molar-refractivity contribution in [2.75, 3.05) is 6.54 Å². The van der Waals surface area contributed by atoms with Gasteiger partial charge in [0, 0.05) is 30.4 Å². The summed E-state index contributed by atoms with van der Waals surface area (Å²) in [6.45, 7) is 0.605. The first-order valence-corrected chi connectivity index (χ1v) is 6.13. The first kappa shape index (κ1) is 12.0. The molecule has 0 radical (unpaired) electrons. The van der Waals surface area contributed by atoms with Crippen LogP contribution in [0.5, 0.6) is 0 Å². The Morgan fingerprint density at radius 3 is 2.88 bits per heavy atom. The quantitative estimate of drug-likeness (QED) is 0.797. The van der Waals surface area contributed by atoms with Crippen LogP contribution in [0.25, 0.3) is 0 Å². The van der Waals surface area contributed by atoms with Crippen molar-refractivity contribution in [3.63, 3.8) is 0 Å². The van der Waals surface area contributed by atoms with E-state index in [1.165, 1.54) is 6.42 Å². The van der Waals surface area contributed by atoms with Crippen molar-refractivity contribution >= 4 is 5.91 Å². The van der Waals surface area contributed by atoms with Crippen LogP contribution in [0.1, 0.15) is 31.4 Å². The van der Waals surface area contributed by atoms with E-state index in [9.17, 15) is 4.79 Å². The molecule has 3 N–H and O–H groups in total. The summed E-state index contributed by atoms with van der Waals surface area (Å²) in [6, 6.07) is 5.74. The molecule has 1 amide bonds. The van der Waals surface area contributed by atoms with Crippen molar-refractivity contribution in [1.82, 2.24) is 10.3 Å². The summed E-state index contributed by atoms with van der Waals surface area (Å²) in [5, 5.41) is 2.90. The van der Waals surface area contributed by atoms with Crippen LogP contribution in [-0.2, 0) is 11.2 Å². The van der Waals surface area contributed by atoms with E-state index in [1.54, 1.807) is 6.20 Å². The van der Waals surface area contributed by atoms with Crippen LogP contribution in [0, 0.1) is 0 Å². The number of nitrogens with zero attached hydrogens (tertiary/aromatic N) is 1. The average molecular weight is 233 g/mol. The largest absolute Gasteiger partial charge is 0.354 e. The van der Waals surface area contributed by atoms with Crippen molar-refractivity contribution in [2.45, 2.75) is 37.6 Å². The first-order chi connectivity index (χ1) is 8.18. The molecular weight excluding hydrogens is 214 g/mol. The Kier molecular flexibility index (Phi) is 3.74. The van der Waals surface area contributed by atoms with Gasteiger partial charge in [-0.25, -0.2) is 0 Å². The summed E-state index contributed by atoms with van der Waals surface area (Å²) >= 11 is 0. The fourth-order valence-electron chi connectivity index (χ4n) is 1.96. The SMILES string of the molecule is NC1(CNC(=O)CCc2ccccn2)CCC1. The number of nitrogens with two attached hydrogens (primary N) is 1. The number of nitrogens with one attached hydrogen (secondary N) is 1.